The van der Waals surface area contributed by atoms with Gasteiger partial charge in [0, 0.05) is 19.3 Å². The van der Waals surface area contributed by atoms with Gasteiger partial charge in [0.15, 0.2) is 6.10 Å². The number of ether oxygens (including phenoxy) is 3. The first-order chi connectivity index (χ1) is 33.2. The molecule has 404 valence electrons. The molecule has 0 bridgehead atoms. The normalized spacial score (nSPS) is 12.0. The lowest BCUT2D eigenvalue weighted by molar-refractivity contribution is -0.167. The molecule has 0 saturated carbocycles. The van der Waals surface area contributed by atoms with Crippen LogP contribution >= 0.6 is 0 Å². The number of hydrogen-bond acceptors (Lipinski definition) is 6. The molecule has 0 unspecified atom stereocenters. The van der Waals surface area contributed by atoms with Crippen molar-refractivity contribution < 1.29 is 28.6 Å². The summed E-state index contributed by atoms with van der Waals surface area (Å²) in [7, 11) is 0. The summed E-state index contributed by atoms with van der Waals surface area (Å²) >= 11 is 0. The Bertz CT molecular complexity index is 1040. The van der Waals surface area contributed by atoms with Crippen LogP contribution in [-0.2, 0) is 28.6 Å². The van der Waals surface area contributed by atoms with E-state index in [0.29, 0.717) is 19.3 Å². The Hall–Kier alpha value is -1.59. The Morgan fingerprint density at radius 1 is 0.279 bits per heavy atom. The summed E-state index contributed by atoms with van der Waals surface area (Å²) in [6, 6.07) is 0. The van der Waals surface area contributed by atoms with E-state index in [9.17, 15) is 14.4 Å². The number of hydrogen-bond donors (Lipinski definition) is 0. The van der Waals surface area contributed by atoms with Crippen LogP contribution in [0.4, 0.5) is 0 Å². The van der Waals surface area contributed by atoms with E-state index in [1.54, 1.807) is 0 Å². The van der Waals surface area contributed by atoms with Crippen molar-refractivity contribution in [3.05, 3.63) is 0 Å². The molecule has 6 heteroatoms. The van der Waals surface area contributed by atoms with Crippen molar-refractivity contribution in [1.29, 1.82) is 0 Å². The van der Waals surface area contributed by atoms with Gasteiger partial charge in [-0.25, -0.2) is 0 Å². The van der Waals surface area contributed by atoms with Gasteiger partial charge in [0.2, 0.25) is 0 Å². The molecule has 0 aromatic heterocycles. The van der Waals surface area contributed by atoms with E-state index in [1.165, 1.54) is 238 Å². The molecule has 0 aliphatic carbocycles. The Balaban J connectivity index is 4.29. The predicted molar refractivity (Wildman–Crippen MR) is 293 cm³/mol. The van der Waals surface area contributed by atoms with Crippen molar-refractivity contribution in [2.24, 2.45) is 11.8 Å². The summed E-state index contributed by atoms with van der Waals surface area (Å²) in [5.41, 5.74) is 0. The molecule has 0 aliphatic heterocycles. The second-order valence-corrected chi connectivity index (χ2v) is 22.3. The lowest BCUT2D eigenvalue weighted by atomic mass is 10.0. The minimum atomic E-state index is -0.763. The van der Waals surface area contributed by atoms with Crippen LogP contribution in [0.15, 0.2) is 0 Å². The van der Waals surface area contributed by atoms with Crippen LogP contribution in [0.3, 0.4) is 0 Å². The van der Waals surface area contributed by atoms with Gasteiger partial charge in [-0.05, 0) is 31.1 Å². The molecular formula is C62H120O6. The van der Waals surface area contributed by atoms with E-state index in [1.807, 2.05) is 0 Å². The summed E-state index contributed by atoms with van der Waals surface area (Å²) in [5, 5.41) is 0. The highest BCUT2D eigenvalue weighted by Crippen LogP contribution is 2.19. The summed E-state index contributed by atoms with van der Waals surface area (Å²) in [4.78, 5) is 38.2. The molecule has 0 saturated heterocycles. The van der Waals surface area contributed by atoms with E-state index in [2.05, 4.69) is 34.6 Å². The third-order valence-electron chi connectivity index (χ3n) is 14.2. The molecule has 0 rings (SSSR count). The average molecular weight is 962 g/mol. The first-order valence-electron chi connectivity index (χ1n) is 30.7. The standard InChI is InChI=1S/C62H120O6/c1-6-7-8-9-10-11-12-13-16-22-27-32-37-42-47-52-60(63)66-55-59(56-67-61(64)53-48-43-38-33-28-24-19-21-26-31-36-41-46-51-58(4)5)68-62(65)54-49-44-39-34-29-23-18-15-14-17-20-25-30-35-40-45-50-57(2)3/h57-59H,6-56H2,1-5H3/t59-/m1/s1. The average Bonchev–Trinajstić information content (AvgIpc) is 3.31. The zero-order chi connectivity index (χ0) is 49.6. The van der Waals surface area contributed by atoms with Crippen LogP contribution in [0.25, 0.3) is 0 Å². The van der Waals surface area contributed by atoms with Crippen molar-refractivity contribution in [3.8, 4) is 0 Å². The summed E-state index contributed by atoms with van der Waals surface area (Å²) in [5.74, 6) is 0.858. The van der Waals surface area contributed by atoms with E-state index < -0.39 is 6.10 Å². The quantitative estimate of drug-likeness (QED) is 0.0343. The number of unbranched alkanes of at least 4 members (excludes halogenated alkanes) is 41. The van der Waals surface area contributed by atoms with Gasteiger partial charge >= 0.3 is 17.9 Å². The maximum Gasteiger partial charge on any atom is 0.306 e. The lowest BCUT2D eigenvalue weighted by Gasteiger charge is -2.18. The van der Waals surface area contributed by atoms with E-state index >= 15 is 0 Å². The van der Waals surface area contributed by atoms with Gasteiger partial charge in [0.05, 0.1) is 0 Å². The largest absolute Gasteiger partial charge is 0.462 e. The van der Waals surface area contributed by atoms with Crippen LogP contribution in [-0.4, -0.2) is 37.2 Å². The predicted octanol–water partition coefficient (Wildman–Crippen LogP) is 20.4. The van der Waals surface area contributed by atoms with Crippen LogP contribution in [0, 0.1) is 11.8 Å². The SMILES string of the molecule is CCCCCCCCCCCCCCCCCC(=O)OC[C@H](COC(=O)CCCCCCCCCCCCCCCC(C)C)OC(=O)CCCCCCCCCCCCCCCCCCC(C)C. The number of carbonyl (C=O) groups is 3. The molecule has 0 spiro atoms. The van der Waals surface area contributed by atoms with Crippen LogP contribution in [0.2, 0.25) is 0 Å². The van der Waals surface area contributed by atoms with Gasteiger partial charge in [0.1, 0.15) is 13.2 Å². The number of carbonyl (C=O) groups excluding carboxylic acids is 3. The van der Waals surface area contributed by atoms with E-state index in [-0.39, 0.29) is 31.1 Å². The Kier molecular flexibility index (Phi) is 53.5. The highest BCUT2D eigenvalue weighted by molar-refractivity contribution is 5.71. The minimum absolute atomic E-state index is 0.0620. The molecule has 0 fully saturated rings. The van der Waals surface area contributed by atoms with Gasteiger partial charge in [0.25, 0.3) is 0 Å². The maximum atomic E-state index is 12.9. The molecule has 0 heterocycles. The highest BCUT2D eigenvalue weighted by Gasteiger charge is 2.19. The Labute approximate surface area is 425 Å². The van der Waals surface area contributed by atoms with Crippen molar-refractivity contribution in [3.63, 3.8) is 0 Å². The van der Waals surface area contributed by atoms with Crippen LogP contribution in [0.1, 0.15) is 349 Å². The molecule has 0 N–H and O–H groups in total. The fraction of sp³-hybridized carbons (Fsp3) is 0.952. The molecule has 0 aromatic carbocycles. The van der Waals surface area contributed by atoms with Gasteiger partial charge in [-0.3, -0.25) is 14.4 Å². The van der Waals surface area contributed by atoms with Crippen molar-refractivity contribution in [1.82, 2.24) is 0 Å². The van der Waals surface area contributed by atoms with Crippen LogP contribution < -0.4 is 0 Å². The molecule has 0 aromatic rings. The number of rotatable bonds is 56. The first-order valence-corrected chi connectivity index (χ1v) is 30.7. The minimum Gasteiger partial charge on any atom is -0.462 e. The fourth-order valence-electron chi connectivity index (χ4n) is 9.58. The van der Waals surface area contributed by atoms with Crippen molar-refractivity contribution >= 4 is 17.9 Å². The first kappa shape index (κ1) is 66.4. The van der Waals surface area contributed by atoms with Crippen LogP contribution in [0.5, 0.6) is 0 Å². The molecular weight excluding hydrogens is 841 g/mol. The smallest absolute Gasteiger partial charge is 0.306 e. The van der Waals surface area contributed by atoms with Gasteiger partial charge < -0.3 is 14.2 Å². The third-order valence-corrected chi connectivity index (χ3v) is 14.2. The second-order valence-electron chi connectivity index (χ2n) is 22.3. The monoisotopic (exact) mass is 961 g/mol. The van der Waals surface area contributed by atoms with E-state index in [0.717, 1.165) is 69.6 Å². The molecule has 0 radical (unpaired) electrons. The maximum absolute atomic E-state index is 12.9. The Morgan fingerprint density at radius 2 is 0.485 bits per heavy atom. The molecule has 1 atom stereocenters. The molecule has 6 nitrogen and oxygen atoms in total. The number of esters is 3. The summed E-state index contributed by atoms with van der Waals surface area (Å²) in [6.45, 7) is 11.4. The van der Waals surface area contributed by atoms with Gasteiger partial charge in [-0.2, -0.15) is 0 Å². The molecule has 0 amide bonds. The molecule has 68 heavy (non-hydrogen) atoms. The summed E-state index contributed by atoms with van der Waals surface area (Å²) < 4.78 is 16.9. The fourth-order valence-corrected chi connectivity index (χ4v) is 9.58. The zero-order valence-electron chi connectivity index (χ0n) is 46.7. The summed E-state index contributed by atoms with van der Waals surface area (Å²) in [6.07, 6.45) is 59.5. The molecule has 0 aliphatic rings. The van der Waals surface area contributed by atoms with Crippen molar-refractivity contribution in [2.75, 3.05) is 13.2 Å². The topological polar surface area (TPSA) is 78.9 Å². The lowest BCUT2D eigenvalue weighted by Crippen LogP contribution is -2.30. The zero-order valence-corrected chi connectivity index (χ0v) is 46.7. The van der Waals surface area contributed by atoms with Gasteiger partial charge in [-0.1, -0.05) is 311 Å². The highest BCUT2D eigenvalue weighted by atomic mass is 16.6. The van der Waals surface area contributed by atoms with E-state index in [4.69, 9.17) is 14.2 Å². The Morgan fingerprint density at radius 3 is 0.721 bits per heavy atom. The second kappa shape index (κ2) is 54.7. The van der Waals surface area contributed by atoms with Crippen molar-refractivity contribution in [2.45, 2.75) is 355 Å². The third kappa shape index (κ3) is 55.3. The van der Waals surface area contributed by atoms with Gasteiger partial charge in [-0.15, -0.1) is 0 Å².